The molecule has 1 unspecified atom stereocenters. The van der Waals surface area contributed by atoms with E-state index in [1.165, 1.54) is 4.90 Å². The third kappa shape index (κ3) is 1.60. The van der Waals surface area contributed by atoms with Crippen LogP contribution in [0.25, 0.3) is 0 Å². The van der Waals surface area contributed by atoms with E-state index in [4.69, 9.17) is 11.5 Å². The number of amides is 2. The summed E-state index contributed by atoms with van der Waals surface area (Å²) in [5.74, 6) is -0.883. The first-order chi connectivity index (χ1) is 7.08. The second-order valence-corrected chi connectivity index (χ2v) is 3.33. The molecule has 0 saturated carbocycles. The van der Waals surface area contributed by atoms with Gasteiger partial charge in [-0.3, -0.25) is 14.5 Å². The highest BCUT2D eigenvalue weighted by Gasteiger charge is 2.35. The van der Waals surface area contributed by atoms with E-state index in [2.05, 4.69) is 15.2 Å². The molecule has 2 rings (SSSR count). The number of hydrogen-bond donors (Lipinski definition) is 3. The Kier molecular flexibility index (Phi) is 2.03. The van der Waals surface area contributed by atoms with Gasteiger partial charge in [0.2, 0.25) is 17.8 Å². The molecule has 0 radical (unpaired) electrons. The van der Waals surface area contributed by atoms with Crippen LogP contribution in [0.3, 0.4) is 0 Å². The maximum atomic E-state index is 11.5. The zero-order valence-corrected chi connectivity index (χ0v) is 7.80. The summed E-state index contributed by atoms with van der Waals surface area (Å²) in [6.07, 6.45) is 0.101. The molecule has 1 aliphatic rings. The van der Waals surface area contributed by atoms with Crippen LogP contribution in [0.15, 0.2) is 0 Å². The summed E-state index contributed by atoms with van der Waals surface area (Å²) >= 11 is 0. The highest BCUT2D eigenvalue weighted by molar-refractivity contribution is 5.98. The van der Waals surface area contributed by atoms with Gasteiger partial charge in [0.25, 0.3) is 5.95 Å². The van der Waals surface area contributed by atoms with Crippen molar-refractivity contribution in [1.29, 1.82) is 0 Å². The lowest BCUT2D eigenvalue weighted by Crippen LogP contribution is -2.29. The first-order valence-corrected chi connectivity index (χ1v) is 4.35. The predicted octanol–water partition coefficient (Wildman–Crippen LogP) is -1.77. The van der Waals surface area contributed by atoms with Crippen molar-refractivity contribution in [3.05, 3.63) is 0 Å². The lowest BCUT2D eigenvalue weighted by atomic mass is 10.1. The first kappa shape index (κ1) is 9.44. The van der Waals surface area contributed by atoms with Crippen molar-refractivity contribution in [3.63, 3.8) is 0 Å². The summed E-state index contributed by atoms with van der Waals surface area (Å²) in [5, 5.41) is 6.15. The second-order valence-electron chi connectivity index (χ2n) is 3.33. The Bertz CT molecular complexity index is 413. The van der Waals surface area contributed by atoms with Crippen molar-refractivity contribution in [1.82, 2.24) is 15.2 Å². The largest absolute Gasteiger partial charge is 0.369 e. The number of nitrogens with two attached hydrogens (primary N) is 2. The molecule has 8 heteroatoms. The molecule has 1 aromatic heterocycles. The Morgan fingerprint density at radius 3 is 2.80 bits per heavy atom. The summed E-state index contributed by atoms with van der Waals surface area (Å²) < 4.78 is 0. The van der Waals surface area contributed by atoms with E-state index in [0.717, 1.165) is 0 Å². The van der Waals surface area contributed by atoms with E-state index in [-0.39, 0.29) is 30.8 Å². The molecular formula is C7H10N6O2. The zero-order chi connectivity index (χ0) is 11.0. The average Bonchev–Trinajstić information content (AvgIpc) is 2.71. The Morgan fingerprint density at radius 2 is 2.33 bits per heavy atom. The van der Waals surface area contributed by atoms with Crippen LogP contribution in [0.1, 0.15) is 6.42 Å². The molecule has 0 bridgehead atoms. The van der Waals surface area contributed by atoms with Crippen LogP contribution in [-0.4, -0.2) is 33.5 Å². The molecule has 0 spiro atoms. The van der Waals surface area contributed by atoms with Gasteiger partial charge in [0.15, 0.2) is 0 Å². The molecule has 2 amide bonds. The minimum Gasteiger partial charge on any atom is -0.369 e. The van der Waals surface area contributed by atoms with Gasteiger partial charge >= 0.3 is 0 Å². The van der Waals surface area contributed by atoms with E-state index in [0.29, 0.717) is 0 Å². The molecule has 2 heterocycles. The summed E-state index contributed by atoms with van der Waals surface area (Å²) in [4.78, 5) is 27.5. The maximum absolute atomic E-state index is 11.5. The van der Waals surface area contributed by atoms with Crippen LogP contribution in [0, 0.1) is 5.92 Å². The molecule has 80 valence electrons. The summed E-state index contributed by atoms with van der Waals surface area (Å²) in [7, 11) is 0. The lowest BCUT2D eigenvalue weighted by Gasteiger charge is -2.09. The number of nitrogens with zero attached hydrogens (tertiary/aromatic N) is 3. The number of H-pyrrole nitrogens is 1. The molecule has 1 atom stereocenters. The molecule has 1 saturated heterocycles. The molecule has 5 N–H and O–H groups in total. The summed E-state index contributed by atoms with van der Waals surface area (Å²) in [5.41, 5.74) is 10.4. The fourth-order valence-corrected chi connectivity index (χ4v) is 1.48. The van der Waals surface area contributed by atoms with E-state index in [1.54, 1.807) is 0 Å². The predicted molar refractivity (Wildman–Crippen MR) is 50.4 cm³/mol. The van der Waals surface area contributed by atoms with Gasteiger partial charge in [-0.2, -0.15) is 4.98 Å². The van der Waals surface area contributed by atoms with Crippen LogP contribution < -0.4 is 16.4 Å². The maximum Gasteiger partial charge on any atom is 0.253 e. The summed E-state index contributed by atoms with van der Waals surface area (Å²) in [6, 6.07) is 0. The minimum absolute atomic E-state index is 0.101. The van der Waals surface area contributed by atoms with Crippen molar-refractivity contribution >= 4 is 23.7 Å². The van der Waals surface area contributed by atoms with Gasteiger partial charge in [0, 0.05) is 13.0 Å². The minimum atomic E-state index is -0.491. The Hall–Kier alpha value is -2.12. The van der Waals surface area contributed by atoms with Crippen LogP contribution in [0.4, 0.5) is 11.9 Å². The van der Waals surface area contributed by atoms with Crippen LogP contribution in [0.5, 0.6) is 0 Å². The molecule has 15 heavy (non-hydrogen) atoms. The topological polar surface area (TPSA) is 131 Å². The average molecular weight is 210 g/mol. The number of primary amides is 1. The lowest BCUT2D eigenvalue weighted by molar-refractivity contribution is -0.123. The molecular weight excluding hydrogens is 200 g/mol. The zero-order valence-electron chi connectivity index (χ0n) is 7.80. The molecule has 1 aliphatic heterocycles. The molecule has 8 nitrogen and oxygen atoms in total. The molecule has 1 fully saturated rings. The third-order valence-corrected chi connectivity index (χ3v) is 2.26. The van der Waals surface area contributed by atoms with E-state index in [1.807, 2.05) is 0 Å². The Morgan fingerprint density at radius 1 is 1.60 bits per heavy atom. The second kappa shape index (κ2) is 3.23. The molecule has 0 aromatic carbocycles. The Balaban J connectivity index is 2.18. The van der Waals surface area contributed by atoms with Crippen molar-refractivity contribution in [2.75, 3.05) is 17.2 Å². The number of nitrogens with one attached hydrogen (secondary N) is 1. The first-order valence-electron chi connectivity index (χ1n) is 4.35. The van der Waals surface area contributed by atoms with Gasteiger partial charge < -0.3 is 11.5 Å². The monoisotopic (exact) mass is 210 g/mol. The number of aromatic amines is 1. The van der Waals surface area contributed by atoms with Crippen LogP contribution in [0.2, 0.25) is 0 Å². The Labute approximate surface area is 84.6 Å². The van der Waals surface area contributed by atoms with Crippen molar-refractivity contribution in [2.45, 2.75) is 6.42 Å². The van der Waals surface area contributed by atoms with E-state index < -0.39 is 11.8 Å². The number of hydrogen-bond acceptors (Lipinski definition) is 5. The fourth-order valence-electron chi connectivity index (χ4n) is 1.48. The number of nitrogen functional groups attached to an aromatic ring is 1. The normalized spacial score (nSPS) is 20.9. The van der Waals surface area contributed by atoms with E-state index in [9.17, 15) is 9.59 Å². The SMILES string of the molecule is NC(=O)C1CC(=O)N(c2n[nH]c(N)n2)C1. The van der Waals surface area contributed by atoms with Crippen molar-refractivity contribution < 1.29 is 9.59 Å². The summed E-state index contributed by atoms with van der Waals surface area (Å²) in [6.45, 7) is 0.214. The highest BCUT2D eigenvalue weighted by Crippen LogP contribution is 2.21. The van der Waals surface area contributed by atoms with E-state index >= 15 is 0 Å². The highest BCUT2D eigenvalue weighted by atomic mass is 16.2. The van der Waals surface area contributed by atoms with Crippen molar-refractivity contribution in [2.24, 2.45) is 11.7 Å². The van der Waals surface area contributed by atoms with Gasteiger partial charge in [-0.15, -0.1) is 5.10 Å². The van der Waals surface area contributed by atoms with Crippen LogP contribution in [-0.2, 0) is 9.59 Å². The molecule has 0 aliphatic carbocycles. The standard InChI is InChI=1S/C7H10N6O2/c8-5(15)3-1-4(14)13(2-3)7-10-6(9)11-12-7/h3H,1-2H2,(H2,8,15)(H3,9,10,11,12). The fraction of sp³-hybridized carbons (Fsp3) is 0.429. The van der Waals surface area contributed by atoms with Crippen LogP contribution >= 0.6 is 0 Å². The number of carbonyl (C=O) groups is 2. The third-order valence-electron chi connectivity index (χ3n) is 2.26. The number of anilines is 2. The number of rotatable bonds is 2. The van der Waals surface area contributed by atoms with Crippen molar-refractivity contribution in [3.8, 4) is 0 Å². The quantitative estimate of drug-likeness (QED) is 0.531. The van der Waals surface area contributed by atoms with Gasteiger partial charge in [-0.25, -0.2) is 5.10 Å². The van der Waals surface area contributed by atoms with Gasteiger partial charge in [0.05, 0.1) is 5.92 Å². The van der Waals surface area contributed by atoms with Gasteiger partial charge in [-0.05, 0) is 0 Å². The van der Waals surface area contributed by atoms with Gasteiger partial charge in [-0.1, -0.05) is 0 Å². The number of aromatic nitrogens is 3. The smallest absolute Gasteiger partial charge is 0.253 e. The number of carbonyl (C=O) groups excluding carboxylic acids is 2. The van der Waals surface area contributed by atoms with Gasteiger partial charge in [0.1, 0.15) is 0 Å². The molecule has 1 aromatic rings.